The molecule has 3 amide bonds. The highest BCUT2D eigenvalue weighted by Gasteiger charge is 2.31. The number of nitrogens with zero attached hydrogens (tertiary/aromatic N) is 2. The van der Waals surface area contributed by atoms with E-state index in [1.807, 2.05) is 28.9 Å². The van der Waals surface area contributed by atoms with Gasteiger partial charge in [0, 0.05) is 36.8 Å². The smallest absolute Gasteiger partial charge is 0.322 e. The number of hydrogen-bond donors (Lipinski definition) is 1. The van der Waals surface area contributed by atoms with Crippen LogP contribution in [0.5, 0.6) is 0 Å². The van der Waals surface area contributed by atoms with E-state index < -0.39 is 0 Å². The van der Waals surface area contributed by atoms with Crippen LogP contribution in [-0.4, -0.2) is 47.4 Å². The van der Waals surface area contributed by atoms with Crippen molar-refractivity contribution in [3.63, 3.8) is 0 Å². The fourth-order valence-corrected chi connectivity index (χ4v) is 3.79. The van der Waals surface area contributed by atoms with Crippen molar-refractivity contribution in [2.75, 3.05) is 25.0 Å². The zero-order chi connectivity index (χ0) is 17.1. The molecule has 2 heterocycles. The summed E-state index contributed by atoms with van der Waals surface area (Å²) in [5, 5.41) is 3.66. The van der Waals surface area contributed by atoms with Gasteiger partial charge in [-0.1, -0.05) is 11.6 Å². The van der Waals surface area contributed by atoms with Gasteiger partial charge in [0.05, 0.1) is 6.04 Å². The molecule has 24 heavy (non-hydrogen) atoms. The second-order valence-corrected chi connectivity index (χ2v) is 7.11. The Bertz CT molecular complexity index is 635. The number of nitrogens with one attached hydrogen (secondary N) is 1. The first-order chi connectivity index (χ1) is 11.5. The van der Waals surface area contributed by atoms with Gasteiger partial charge in [0.15, 0.2) is 0 Å². The molecule has 1 N–H and O–H groups in total. The summed E-state index contributed by atoms with van der Waals surface area (Å²) in [5.41, 5.74) is 1.73. The van der Waals surface area contributed by atoms with Crippen LogP contribution in [0.2, 0.25) is 5.02 Å². The summed E-state index contributed by atoms with van der Waals surface area (Å²) >= 11 is 5.97. The van der Waals surface area contributed by atoms with Gasteiger partial charge in [-0.25, -0.2) is 4.79 Å². The van der Waals surface area contributed by atoms with Crippen molar-refractivity contribution >= 4 is 29.2 Å². The van der Waals surface area contributed by atoms with Gasteiger partial charge in [-0.3, -0.25) is 4.79 Å². The molecule has 2 aliphatic heterocycles. The third kappa shape index (κ3) is 3.83. The van der Waals surface area contributed by atoms with E-state index in [1.54, 1.807) is 6.07 Å². The van der Waals surface area contributed by atoms with Crippen molar-refractivity contribution in [3.05, 3.63) is 28.8 Å². The van der Waals surface area contributed by atoms with Crippen molar-refractivity contribution in [1.82, 2.24) is 9.80 Å². The van der Waals surface area contributed by atoms with Crippen LogP contribution in [0.15, 0.2) is 18.2 Å². The summed E-state index contributed by atoms with van der Waals surface area (Å²) in [4.78, 5) is 28.4. The Balaban J connectivity index is 1.67. The van der Waals surface area contributed by atoms with E-state index in [2.05, 4.69) is 5.32 Å². The van der Waals surface area contributed by atoms with Crippen LogP contribution in [0.4, 0.5) is 10.5 Å². The third-order valence-corrected chi connectivity index (χ3v) is 5.16. The number of rotatable bonds is 3. The maximum Gasteiger partial charge on any atom is 0.322 e. The fraction of sp³-hybridized carbons (Fsp3) is 0.556. The molecule has 3 rings (SSSR count). The average molecular weight is 350 g/mol. The Morgan fingerprint density at radius 3 is 2.83 bits per heavy atom. The molecule has 0 saturated carbocycles. The first kappa shape index (κ1) is 17.1. The minimum Gasteiger partial charge on any atom is -0.341 e. The van der Waals surface area contributed by atoms with Gasteiger partial charge < -0.3 is 15.1 Å². The van der Waals surface area contributed by atoms with E-state index in [0.29, 0.717) is 18.0 Å². The molecule has 5 nitrogen and oxygen atoms in total. The third-order valence-electron chi connectivity index (χ3n) is 4.92. The van der Waals surface area contributed by atoms with E-state index in [9.17, 15) is 9.59 Å². The molecule has 2 aliphatic rings. The summed E-state index contributed by atoms with van der Waals surface area (Å²) in [5.74, 6) is 0.217. The topological polar surface area (TPSA) is 52.7 Å². The Labute approximate surface area is 147 Å². The van der Waals surface area contributed by atoms with E-state index in [0.717, 1.165) is 50.0 Å². The lowest BCUT2D eigenvalue weighted by molar-refractivity contribution is -0.128. The highest BCUT2D eigenvalue weighted by atomic mass is 35.5. The Kier molecular flexibility index (Phi) is 5.29. The molecule has 2 saturated heterocycles. The quantitative estimate of drug-likeness (QED) is 0.905. The van der Waals surface area contributed by atoms with Gasteiger partial charge in [-0.2, -0.15) is 0 Å². The highest BCUT2D eigenvalue weighted by molar-refractivity contribution is 6.30. The van der Waals surface area contributed by atoms with Crippen LogP contribution >= 0.6 is 11.6 Å². The molecule has 6 heteroatoms. The largest absolute Gasteiger partial charge is 0.341 e. The predicted octanol–water partition coefficient (Wildman–Crippen LogP) is 3.66. The lowest BCUT2D eigenvalue weighted by Gasteiger charge is -2.37. The molecule has 0 radical (unpaired) electrons. The van der Waals surface area contributed by atoms with E-state index >= 15 is 0 Å². The number of anilines is 1. The van der Waals surface area contributed by atoms with Gasteiger partial charge in [0.1, 0.15) is 0 Å². The van der Waals surface area contributed by atoms with Gasteiger partial charge in [-0.15, -0.1) is 0 Å². The summed E-state index contributed by atoms with van der Waals surface area (Å²) in [6, 6.07) is 5.47. The standard InChI is InChI=1S/C18H24ClN3O2/c1-13-11-14(19)7-8-16(13)20-18(24)22-10-3-2-5-15(22)12-21-9-4-6-17(21)23/h7-8,11,15H,2-6,9-10,12H2,1H3,(H,20,24)/t15-/m1/s1. The molecule has 0 bridgehead atoms. The summed E-state index contributed by atoms with van der Waals surface area (Å²) in [6.45, 7) is 4.15. The molecular formula is C18H24ClN3O2. The molecule has 0 spiro atoms. The molecule has 130 valence electrons. The molecular weight excluding hydrogens is 326 g/mol. The number of halogens is 1. The Morgan fingerprint density at radius 2 is 2.12 bits per heavy atom. The zero-order valence-electron chi connectivity index (χ0n) is 14.1. The number of amides is 3. The van der Waals surface area contributed by atoms with Crippen molar-refractivity contribution in [2.45, 2.75) is 45.1 Å². The lowest BCUT2D eigenvalue weighted by Crippen LogP contribution is -2.51. The monoisotopic (exact) mass is 349 g/mol. The maximum atomic E-state index is 12.7. The first-order valence-corrected chi connectivity index (χ1v) is 9.04. The molecule has 0 aliphatic carbocycles. The van der Waals surface area contributed by atoms with Gasteiger partial charge in [0.25, 0.3) is 0 Å². The number of urea groups is 1. The van der Waals surface area contributed by atoms with Crippen molar-refractivity contribution in [2.24, 2.45) is 0 Å². The normalized spacial score (nSPS) is 21.2. The van der Waals surface area contributed by atoms with Gasteiger partial charge in [0.2, 0.25) is 5.91 Å². The maximum absolute atomic E-state index is 12.7. The van der Waals surface area contributed by atoms with Gasteiger partial charge in [-0.05, 0) is 56.4 Å². The number of aryl methyl sites for hydroxylation is 1. The summed E-state index contributed by atoms with van der Waals surface area (Å²) in [6.07, 6.45) is 4.65. The van der Waals surface area contributed by atoms with Crippen LogP contribution in [0, 0.1) is 6.92 Å². The summed E-state index contributed by atoms with van der Waals surface area (Å²) < 4.78 is 0. The van der Waals surface area contributed by atoms with Crippen molar-refractivity contribution in [3.8, 4) is 0 Å². The van der Waals surface area contributed by atoms with E-state index in [4.69, 9.17) is 11.6 Å². The molecule has 0 aromatic heterocycles. The number of hydrogen-bond acceptors (Lipinski definition) is 2. The van der Waals surface area contributed by atoms with Crippen LogP contribution < -0.4 is 5.32 Å². The zero-order valence-corrected chi connectivity index (χ0v) is 14.8. The molecule has 2 fully saturated rings. The molecule has 1 aromatic rings. The Morgan fingerprint density at radius 1 is 1.29 bits per heavy atom. The fourth-order valence-electron chi connectivity index (χ4n) is 3.56. The minimum atomic E-state index is -0.0863. The first-order valence-electron chi connectivity index (χ1n) is 8.66. The number of likely N-dealkylation sites (tertiary alicyclic amines) is 2. The van der Waals surface area contributed by atoms with Crippen LogP contribution in [0.1, 0.15) is 37.7 Å². The van der Waals surface area contributed by atoms with Crippen molar-refractivity contribution in [1.29, 1.82) is 0 Å². The second-order valence-electron chi connectivity index (χ2n) is 6.68. The SMILES string of the molecule is Cc1cc(Cl)ccc1NC(=O)N1CCCC[C@@H]1CN1CCCC1=O. The number of carbonyl (C=O) groups excluding carboxylic acids is 2. The minimum absolute atomic E-state index is 0.0863. The number of piperidine rings is 1. The van der Waals surface area contributed by atoms with Crippen LogP contribution in [0.3, 0.4) is 0 Å². The predicted molar refractivity (Wildman–Crippen MR) is 95.4 cm³/mol. The second kappa shape index (κ2) is 7.43. The van der Waals surface area contributed by atoms with E-state index in [1.165, 1.54) is 0 Å². The molecule has 0 unspecified atom stereocenters. The number of benzene rings is 1. The summed E-state index contributed by atoms with van der Waals surface area (Å²) in [7, 11) is 0. The van der Waals surface area contributed by atoms with Crippen molar-refractivity contribution < 1.29 is 9.59 Å². The van der Waals surface area contributed by atoms with Gasteiger partial charge >= 0.3 is 6.03 Å². The van der Waals surface area contributed by atoms with Crippen LogP contribution in [-0.2, 0) is 4.79 Å². The highest BCUT2D eigenvalue weighted by Crippen LogP contribution is 2.24. The lowest BCUT2D eigenvalue weighted by atomic mass is 10.0. The average Bonchev–Trinajstić information content (AvgIpc) is 2.95. The molecule has 1 atom stereocenters. The van der Waals surface area contributed by atoms with Crippen LogP contribution in [0.25, 0.3) is 0 Å². The Hall–Kier alpha value is -1.75. The molecule has 1 aromatic carbocycles. The number of carbonyl (C=O) groups is 2. The van der Waals surface area contributed by atoms with E-state index in [-0.39, 0.29) is 18.0 Å².